The molecule has 3 rings (SSSR count). The van der Waals surface area contributed by atoms with E-state index in [-0.39, 0.29) is 22.6 Å². The van der Waals surface area contributed by atoms with Crippen molar-refractivity contribution >= 4 is 34.7 Å². The quantitative estimate of drug-likeness (QED) is 0.574. The van der Waals surface area contributed by atoms with Crippen LogP contribution in [0, 0.1) is 0 Å². The lowest BCUT2D eigenvalue weighted by Crippen LogP contribution is -2.45. The molecule has 1 saturated heterocycles. The second kappa shape index (κ2) is 11.2. The number of pyridine rings is 1. The summed E-state index contributed by atoms with van der Waals surface area (Å²) in [7, 11) is 2.07. The van der Waals surface area contributed by atoms with E-state index in [1.165, 1.54) is 18.3 Å². The van der Waals surface area contributed by atoms with Crippen LogP contribution in [0.4, 0.5) is 30.4 Å². The number of hydrogen-bond acceptors (Lipinski definition) is 8. The second-order valence-electron chi connectivity index (χ2n) is 7.19. The molecule has 1 unspecified atom stereocenters. The Hall–Kier alpha value is -2.70. The Bertz CT molecular complexity index is 916. The Morgan fingerprint density at radius 3 is 2.69 bits per heavy atom. The summed E-state index contributed by atoms with van der Waals surface area (Å²) in [5.74, 6) is -0.398. The molecule has 13 heteroatoms. The van der Waals surface area contributed by atoms with Crippen LogP contribution in [-0.4, -0.2) is 83.4 Å². The second-order valence-corrected chi connectivity index (χ2v) is 7.57. The number of alkyl halides is 3. The lowest BCUT2D eigenvalue weighted by molar-refractivity contribution is -0.116. The minimum atomic E-state index is -3.35. The molecule has 0 aliphatic carbocycles. The summed E-state index contributed by atoms with van der Waals surface area (Å²) in [6.45, 7) is 4.42. The number of piperazine rings is 1. The maximum Gasteiger partial charge on any atom is 0.304 e. The third-order valence-corrected chi connectivity index (χ3v) is 4.89. The lowest BCUT2D eigenvalue weighted by atomic mass is 10.3. The first-order valence-electron chi connectivity index (χ1n) is 9.86. The third kappa shape index (κ3) is 7.18. The highest BCUT2D eigenvalue weighted by atomic mass is 35.5. The molecule has 1 fully saturated rings. The van der Waals surface area contributed by atoms with Gasteiger partial charge in [-0.2, -0.15) is 4.39 Å². The van der Waals surface area contributed by atoms with E-state index in [1.54, 1.807) is 6.07 Å². The van der Waals surface area contributed by atoms with E-state index in [0.717, 1.165) is 26.2 Å². The number of amides is 1. The molecule has 3 heterocycles. The molecule has 0 bridgehead atoms. The Morgan fingerprint density at radius 2 is 1.97 bits per heavy atom. The summed E-state index contributed by atoms with van der Waals surface area (Å²) in [5.41, 5.74) is 0.433. The fourth-order valence-electron chi connectivity index (χ4n) is 2.96. The average Bonchev–Trinajstić information content (AvgIpc) is 2.75. The number of ether oxygens (including phenoxy) is 1. The van der Waals surface area contributed by atoms with Gasteiger partial charge in [0.05, 0.1) is 0 Å². The molecule has 32 heavy (non-hydrogen) atoms. The number of likely N-dealkylation sites (N-methyl/N-ethyl adjacent to an activating group) is 1. The third-order valence-electron chi connectivity index (χ3n) is 4.71. The van der Waals surface area contributed by atoms with E-state index in [1.807, 2.05) is 0 Å². The van der Waals surface area contributed by atoms with Crippen LogP contribution in [0.2, 0.25) is 5.15 Å². The zero-order chi connectivity index (χ0) is 23.1. The number of aromatic nitrogens is 3. The molecule has 2 aromatic rings. The van der Waals surface area contributed by atoms with Crippen molar-refractivity contribution in [2.75, 3.05) is 50.4 Å². The predicted octanol–water partition coefficient (Wildman–Crippen LogP) is 2.78. The van der Waals surface area contributed by atoms with Gasteiger partial charge in [0.15, 0.2) is 5.15 Å². The molecule has 0 spiro atoms. The molecule has 2 N–H and O–H groups in total. The van der Waals surface area contributed by atoms with Gasteiger partial charge >= 0.3 is 6.43 Å². The van der Waals surface area contributed by atoms with Crippen LogP contribution < -0.4 is 15.4 Å². The van der Waals surface area contributed by atoms with Crippen molar-refractivity contribution in [1.29, 1.82) is 0 Å². The maximum atomic E-state index is 13.3. The van der Waals surface area contributed by atoms with Crippen molar-refractivity contribution in [2.24, 2.45) is 0 Å². The number of carbonyl (C=O) groups is 1. The Morgan fingerprint density at radius 1 is 1.22 bits per heavy atom. The van der Waals surface area contributed by atoms with Gasteiger partial charge in [0, 0.05) is 63.2 Å². The fourth-order valence-corrected chi connectivity index (χ4v) is 3.11. The van der Waals surface area contributed by atoms with E-state index in [2.05, 4.69) is 47.4 Å². The molecular weight excluding hydrogens is 451 g/mol. The zero-order valence-corrected chi connectivity index (χ0v) is 18.0. The number of nitrogens with zero attached hydrogens (tertiary/aromatic N) is 5. The molecule has 0 radical (unpaired) electrons. The molecule has 1 atom stereocenters. The Labute approximate surface area is 187 Å². The number of nitrogens with one attached hydrogen (secondary N) is 2. The number of anilines is 3. The van der Waals surface area contributed by atoms with Gasteiger partial charge in [0.25, 0.3) is 12.2 Å². The highest BCUT2D eigenvalue weighted by Crippen LogP contribution is 2.29. The van der Waals surface area contributed by atoms with E-state index in [0.29, 0.717) is 18.7 Å². The minimum Gasteiger partial charge on any atom is -0.434 e. The van der Waals surface area contributed by atoms with Crippen molar-refractivity contribution in [3.8, 4) is 5.88 Å². The number of carbonyl (C=O) groups excluding carboxylic acids is 1. The first-order chi connectivity index (χ1) is 15.3. The molecule has 1 aliphatic heterocycles. The van der Waals surface area contributed by atoms with Crippen molar-refractivity contribution in [2.45, 2.75) is 19.2 Å². The molecule has 174 valence electrons. The Balaban J connectivity index is 1.60. The topological polar surface area (TPSA) is 95.5 Å². The van der Waals surface area contributed by atoms with E-state index in [9.17, 15) is 18.0 Å². The summed E-state index contributed by atoms with van der Waals surface area (Å²) in [4.78, 5) is 20.9. The molecule has 2 aromatic heterocycles. The Kier molecular flexibility index (Phi) is 8.42. The van der Waals surface area contributed by atoms with Gasteiger partial charge in [-0.05, 0) is 13.1 Å². The van der Waals surface area contributed by atoms with Crippen molar-refractivity contribution in [1.82, 2.24) is 25.0 Å². The smallest absolute Gasteiger partial charge is 0.304 e. The normalized spacial score (nSPS) is 16.1. The SMILES string of the molecule is CN1CCN(CCC(=O)Nc2cc(Nc3cc(Cl)nnc3OC(F)C(F)F)ccn2)CC1. The van der Waals surface area contributed by atoms with Crippen LogP contribution in [0.1, 0.15) is 6.42 Å². The largest absolute Gasteiger partial charge is 0.434 e. The number of halogens is 4. The van der Waals surface area contributed by atoms with Crippen LogP contribution in [-0.2, 0) is 4.79 Å². The molecular formula is C19H23ClF3N7O2. The standard InChI is InChI=1S/C19H23ClF3N7O2/c1-29-6-8-30(9-7-29)5-3-16(31)26-15-10-12(2-4-24-15)25-13-11-14(20)27-28-19(13)32-18(23)17(21)22/h2,4,10-11,17-18H,3,5-9H2,1H3,(H2,24,25,26,27,31). The number of rotatable bonds is 9. The van der Waals surface area contributed by atoms with E-state index < -0.39 is 18.7 Å². The van der Waals surface area contributed by atoms with Crippen molar-refractivity contribution in [3.05, 3.63) is 29.5 Å². The molecule has 9 nitrogen and oxygen atoms in total. The van der Waals surface area contributed by atoms with Gasteiger partial charge in [-0.1, -0.05) is 11.6 Å². The lowest BCUT2D eigenvalue weighted by Gasteiger charge is -2.32. The predicted molar refractivity (Wildman–Crippen MR) is 113 cm³/mol. The molecule has 0 saturated carbocycles. The zero-order valence-electron chi connectivity index (χ0n) is 17.3. The maximum absolute atomic E-state index is 13.3. The fraction of sp³-hybridized carbons (Fsp3) is 0.474. The summed E-state index contributed by atoms with van der Waals surface area (Å²) in [5, 5.41) is 12.5. The molecule has 1 amide bonds. The monoisotopic (exact) mass is 473 g/mol. The first kappa shape index (κ1) is 24.0. The van der Waals surface area contributed by atoms with Gasteiger partial charge in [-0.15, -0.1) is 10.2 Å². The van der Waals surface area contributed by atoms with E-state index >= 15 is 0 Å². The number of hydrogen-bond donors (Lipinski definition) is 2. The summed E-state index contributed by atoms with van der Waals surface area (Å²) in [6.07, 6.45) is -4.48. The van der Waals surface area contributed by atoms with Crippen LogP contribution in [0.15, 0.2) is 24.4 Å². The van der Waals surface area contributed by atoms with Crippen LogP contribution in [0.25, 0.3) is 0 Å². The summed E-state index contributed by atoms with van der Waals surface area (Å²) >= 11 is 5.80. The minimum absolute atomic E-state index is 0.0202. The van der Waals surface area contributed by atoms with Gasteiger partial charge in [-0.25, -0.2) is 13.8 Å². The van der Waals surface area contributed by atoms with Gasteiger partial charge in [0.1, 0.15) is 11.5 Å². The van der Waals surface area contributed by atoms with Crippen molar-refractivity contribution in [3.63, 3.8) is 0 Å². The van der Waals surface area contributed by atoms with Gasteiger partial charge in [0.2, 0.25) is 5.91 Å². The summed E-state index contributed by atoms with van der Waals surface area (Å²) < 4.78 is 42.8. The van der Waals surface area contributed by atoms with Crippen molar-refractivity contribution < 1.29 is 22.7 Å². The highest BCUT2D eigenvalue weighted by Gasteiger charge is 2.23. The summed E-state index contributed by atoms with van der Waals surface area (Å²) in [6, 6.07) is 4.32. The average molecular weight is 474 g/mol. The van der Waals surface area contributed by atoms with Crippen LogP contribution >= 0.6 is 11.6 Å². The van der Waals surface area contributed by atoms with Gasteiger partial charge in [-0.3, -0.25) is 4.79 Å². The van der Waals surface area contributed by atoms with Crippen LogP contribution in [0.5, 0.6) is 5.88 Å². The highest BCUT2D eigenvalue weighted by molar-refractivity contribution is 6.29. The van der Waals surface area contributed by atoms with E-state index in [4.69, 9.17) is 11.6 Å². The molecule has 0 aromatic carbocycles. The first-order valence-corrected chi connectivity index (χ1v) is 10.2. The van der Waals surface area contributed by atoms with Gasteiger partial charge < -0.3 is 25.2 Å². The van der Waals surface area contributed by atoms with Crippen LogP contribution in [0.3, 0.4) is 0 Å². The molecule has 1 aliphatic rings.